The number of rotatable bonds is 7. The Bertz CT molecular complexity index is 741. The highest BCUT2D eigenvalue weighted by atomic mass is 16.5. The van der Waals surface area contributed by atoms with Crippen molar-refractivity contribution < 1.29 is 9.53 Å². The Labute approximate surface area is 149 Å². The molecule has 4 heteroatoms. The van der Waals surface area contributed by atoms with Gasteiger partial charge in [0.15, 0.2) is 0 Å². The van der Waals surface area contributed by atoms with E-state index in [0.717, 1.165) is 23.5 Å². The Morgan fingerprint density at radius 1 is 1.08 bits per heavy atom. The molecule has 0 saturated carbocycles. The van der Waals surface area contributed by atoms with E-state index >= 15 is 0 Å². The number of ether oxygens (including phenoxy) is 1. The van der Waals surface area contributed by atoms with Crippen molar-refractivity contribution in [2.24, 2.45) is 0 Å². The van der Waals surface area contributed by atoms with E-state index in [1.807, 2.05) is 42.5 Å². The molecule has 130 valence electrons. The molecule has 1 N–H and O–H groups in total. The van der Waals surface area contributed by atoms with Crippen LogP contribution in [0.4, 0.5) is 0 Å². The van der Waals surface area contributed by atoms with Gasteiger partial charge < -0.3 is 10.1 Å². The van der Waals surface area contributed by atoms with Crippen molar-refractivity contribution in [3.63, 3.8) is 0 Å². The Morgan fingerprint density at radius 2 is 1.64 bits per heavy atom. The van der Waals surface area contributed by atoms with Crippen molar-refractivity contribution in [1.29, 1.82) is 5.26 Å². The van der Waals surface area contributed by atoms with Crippen molar-refractivity contribution in [3.8, 4) is 17.6 Å². The number of benzene rings is 2. The molecule has 0 aliphatic heterocycles. The standard InChI is InChI=1S/C21H24N2O2/c1-4-21(2,3)17-7-11-19(12-8-17)25-18-9-5-16(6-10-18)15-23-20(24)13-14-22/h5-12H,4,13,15H2,1-3H3,(H,23,24). The van der Waals surface area contributed by atoms with Gasteiger partial charge in [0.1, 0.15) is 17.9 Å². The molecule has 1 amide bonds. The van der Waals surface area contributed by atoms with Gasteiger partial charge in [-0.3, -0.25) is 4.79 Å². The van der Waals surface area contributed by atoms with E-state index in [0.29, 0.717) is 6.54 Å². The third kappa shape index (κ3) is 5.36. The molecular weight excluding hydrogens is 312 g/mol. The predicted octanol–water partition coefficient (Wildman–Crippen LogP) is 4.70. The molecule has 0 aliphatic carbocycles. The van der Waals surface area contributed by atoms with Crippen molar-refractivity contribution in [2.75, 3.05) is 0 Å². The van der Waals surface area contributed by atoms with Gasteiger partial charge >= 0.3 is 0 Å². The largest absolute Gasteiger partial charge is 0.457 e. The first-order chi connectivity index (χ1) is 11.9. The molecule has 0 radical (unpaired) electrons. The van der Waals surface area contributed by atoms with Crippen LogP contribution in [0.3, 0.4) is 0 Å². The quantitative estimate of drug-likeness (QED) is 0.797. The lowest BCUT2D eigenvalue weighted by Gasteiger charge is -2.23. The second kappa shape index (κ2) is 8.34. The highest BCUT2D eigenvalue weighted by Gasteiger charge is 2.17. The van der Waals surface area contributed by atoms with Crippen LogP contribution >= 0.6 is 0 Å². The minimum absolute atomic E-state index is 0.119. The number of hydrogen-bond acceptors (Lipinski definition) is 3. The summed E-state index contributed by atoms with van der Waals surface area (Å²) >= 11 is 0. The Hall–Kier alpha value is -2.80. The normalized spacial score (nSPS) is 10.8. The van der Waals surface area contributed by atoms with Crippen LogP contribution in [0, 0.1) is 11.3 Å². The van der Waals surface area contributed by atoms with Gasteiger partial charge in [-0.1, -0.05) is 45.0 Å². The molecule has 0 unspecified atom stereocenters. The molecule has 0 spiro atoms. The fraction of sp³-hybridized carbons (Fsp3) is 0.333. The molecule has 2 aromatic carbocycles. The second-order valence-electron chi connectivity index (χ2n) is 6.62. The van der Waals surface area contributed by atoms with Crippen LogP contribution in [-0.2, 0) is 16.8 Å². The molecule has 2 rings (SSSR count). The van der Waals surface area contributed by atoms with E-state index < -0.39 is 0 Å². The summed E-state index contributed by atoms with van der Waals surface area (Å²) in [6.07, 6.45) is 0.964. The predicted molar refractivity (Wildman–Crippen MR) is 98.4 cm³/mol. The molecule has 0 aromatic heterocycles. The fourth-order valence-corrected chi connectivity index (χ4v) is 2.32. The van der Waals surface area contributed by atoms with Gasteiger partial charge in [0, 0.05) is 6.54 Å². The number of hydrogen-bond donors (Lipinski definition) is 1. The molecule has 0 saturated heterocycles. The lowest BCUT2D eigenvalue weighted by Crippen LogP contribution is -2.21. The van der Waals surface area contributed by atoms with Crippen molar-refractivity contribution >= 4 is 5.91 Å². The number of nitrogens with zero attached hydrogens (tertiary/aromatic N) is 1. The second-order valence-corrected chi connectivity index (χ2v) is 6.62. The summed E-state index contributed by atoms with van der Waals surface area (Å²) in [5, 5.41) is 11.2. The monoisotopic (exact) mass is 336 g/mol. The maximum absolute atomic E-state index is 11.3. The van der Waals surface area contributed by atoms with E-state index in [2.05, 4.69) is 38.2 Å². The van der Waals surface area contributed by atoms with Gasteiger partial charge in [-0.05, 0) is 47.2 Å². The van der Waals surface area contributed by atoms with E-state index in [9.17, 15) is 4.79 Å². The average molecular weight is 336 g/mol. The molecular formula is C21H24N2O2. The highest BCUT2D eigenvalue weighted by molar-refractivity contribution is 5.77. The molecule has 0 fully saturated rings. The minimum atomic E-state index is -0.266. The first-order valence-corrected chi connectivity index (χ1v) is 8.45. The van der Waals surface area contributed by atoms with Crippen LogP contribution < -0.4 is 10.1 Å². The smallest absolute Gasteiger partial charge is 0.234 e. The lowest BCUT2D eigenvalue weighted by molar-refractivity contribution is -0.120. The van der Waals surface area contributed by atoms with E-state index in [1.165, 1.54) is 5.56 Å². The Balaban J connectivity index is 1.95. The van der Waals surface area contributed by atoms with Gasteiger partial charge in [-0.25, -0.2) is 0 Å². The molecule has 25 heavy (non-hydrogen) atoms. The molecule has 0 atom stereocenters. The van der Waals surface area contributed by atoms with Crippen molar-refractivity contribution in [1.82, 2.24) is 5.32 Å². The van der Waals surface area contributed by atoms with Gasteiger partial charge in [0.25, 0.3) is 0 Å². The number of carbonyl (C=O) groups excluding carboxylic acids is 1. The van der Waals surface area contributed by atoms with Crippen molar-refractivity contribution in [3.05, 3.63) is 59.7 Å². The Morgan fingerprint density at radius 3 is 2.16 bits per heavy atom. The molecule has 0 heterocycles. The summed E-state index contributed by atoms with van der Waals surface area (Å²) in [6.45, 7) is 7.06. The van der Waals surface area contributed by atoms with E-state index in [1.54, 1.807) is 0 Å². The maximum Gasteiger partial charge on any atom is 0.234 e. The van der Waals surface area contributed by atoms with Crippen LogP contribution in [0.1, 0.15) is 44.7 Å². The SMILES string of the molecule is CCC(C)(C)c1ccc(Oc2ccc(CNC(=O)CC#N)cc2)cc1. The summed E-state index contributed by atoms with van der Waals surface area (Å²) in [6, 6.07) is 17.6. The zero-order valence-corrected chi connectivity index (χ0v) is 15.0. The van der Waals surface area contributed by atoms with Crippen LogP contribution in [0.5, 0.6) is 11.5 Å². The van der Waals surface area contributed by atoms with Gasteiger partial charge in [0.05, 0.1) is 6.07 Å². The minimum Gasteiger partial charge on any atom is -0.457 e. The summed E-state index contributed by atoms with van der Waals surface area (Å²) < 4.78 is 5.87. The number of nitrogens with one attached hydrogen (secondary N) is 1. The van der Waals surface area contributed by atoms with Crippen molar-refractivity contribution in [2.45, 2.75) is 45.6 Å². The maximum atomic E-state index is 11.3. The third-order valence-electron chi connectivity index (χ3n) is 4.41. The summed E-state index contributed by atoms with van der Waals surface area (Å²) in [4.78, 5) is 11.3. The topological polar surface area (TPSA) is 62.1 Å². The Kier molecular flexibility index (Phi) is 6.19. The zero-order chi connectivity index (χ0) is 18.3. The van der Waals surface area contributed by atoms with Gasteiger partial charge in [-0.2, -0.15) is 5.26 Å². The number of carbonyl (C=O) groups is 1. The first kappa shape index (κ1) is 18.5. The van der Waals surface area contributed by atoms with E-state index in [4.69, 9.17) is 10.00 Å². The van der Waals surface area contributed by atoms with Crippen LogP contribution in [0.2, 0.25) is 0 Å². The van der Waals surface area contributed by atoms with E-state index in [-0.39, 0.29) is 17.7 Å². The lowest BCUT2D eigenvalue weighted by atomic mass is 9.82. The van der Waals surface area contributed by atoms with Gasteiger partial charge in [-0.15, -0.1) is 0 Å². The zero-order valence-electron chi connectivity index (χ0n) is 15.0. The molecule has 0 bridgehead atoms. The van der Waals surface area contributed by atoms with Gasteiger partial charge in [0.2, 0.25) is 5.91 Å². The molecule has 0 aliphatic rings. The first-order valence-electron chi connectivity index (χ1n) is 8.45. The average Bonchev–Trinajstić information content (AvgIpc) is 2.62. The summed E-state index contributed by atoms with van der Waals surface area (Å²) in [5.41, 5.74) is 2.42. The molecule has 2 aromatic rings. The van der Waals surface area contributed by atoms with Crippen LogP contribution in [-0.4, -0.2) is 5.91 Å². The van der Waals surface area contributed by atoms with Crippen LogP contribution in [0.15, 0.2) is 48.5 Å². The number of amides is 1. The highest BCUT2D eigenvalue weighted by Crippen LogP contribution is 2.29. The number of nitriles is 1. The fourth-order valence-electron chi connectivity index (χ4n) is 2.32. The summed E-state index contributed by atoms with van der Waals surface area (Å²) in [5.74, 6) is 1.28. The summed E-state index contributed by atoms with van der Waals surface area (Å²) in [7, 11) is 0. The van der Waals surface area contributed by atoms with Crippen LogP contribution in [0.25, 0.3) is 0 Å². The third-order valence-corrected chi connectivity index (χ3v) is 4.41. The molecule has 4 nitrogen and oxygen atoms in total.